The molecule has 15 nitrogen and oxygen atoms in total. The smallest absolute Gasteiger partial charge is 0.408 e. The summed E-state index contributed by atoms with van der Waals surface area (Å²) in [5.74, 6) is -1.31. The third-order valence-corrected chi connectivity index (χ3v) is 10.7. The number of nitrogens with zero attached hydrogens (tertiary/aromatic N) is 2. The van der Waals surface area contributed by atoms with Crippen molar-refractivity contribution in [3.8, 4) is 11.6 Å². The maximum absolute atomic E-state index is 14.6. The summed E-state index contributed by atoms with van der Waals surface area (Å²) < 4.78 is 50.3. The van der Waals surface area contributed by atoms with E-state index in [2.05, 4.69) is 15.6 Å². The maximum atomic E-state index is 14.6. The summed E-state index contributed by atoms with van der Waals surface area (Å²) in [5, 5.41) is 6.31. The molecule has 2 aromatic rings. The number of aromatic nitrogens is 1. The van der Waals surface area contributed by atoms with E-state index in [0.717, 1.165) is 5.56 Å². The molecule has 3 N–H and O–H groups in total. The van der Waals surface area contributed by atoms with E-state index >= 15 is 0 Å². The molecule has 1 saturated heterocycles. The minimum absolute atomic E-state index is 0.00763. The molecule has 2 aliphatic carbocycles. The summed E-state index contributed by atoms with van der Waals surface area (Å²) in [6.45, 7) is 16.5. The highest BCUT2D eigenvalue weighted by molar-refractivity contribution is 7.85. The Morgan fingerprint density at radius 1 is 1.06 bits per heavy atom. The van der Waals surface area contributed by atoms with Crippen LogP contribution in [0.4, 0.5) is 4.79 Å². The summed E-state index contributed by atoms with van der Waals surface area (Å²) in [6, 6.07) is 5.07. The molecular formula is C38H55N5O10S. The summed E-state index contributed by atoms with van der Waals surface area (Å²) >= 11 is 0. The molecular weight excluding hydrogens is 719 g/mol. The molecule has 5 atom stereocenters. The van der Waals surface area contributed by atoms with Crippen LogP contribution in [-0.2, 0) is 33.6 Å². The zero-order chi connectivity index (χ0) is 39.8. The first-order valence-electron chi connectivity index (χ1n) is 18.7. The first-order chi connectivity index (χ1) is 25.1. The number of alkyl carbamates (subject to hydrolysis) is 1. The molecule has 16 heteroatoms. The fraction of sp³-hybridized carbons (Fsp3) is 0.658. The highest BCUT2D eigenvalue weighted by atomic mass is 32.2. The Bertz CT molecular complexity index is 1870. The molecule has 0 bridgehead atoms. The standard InChI is InChI=1S/C38H55N5O10S/c1-10-50-29-19-28(26-13-11-12-23(3)30(26)39-29)51-25-18-27(43(21-25)33(45)31(36(4,5)6)40-35(47)52-37(7,8)9)32(44)41-38(17-16-22(2)20-38)34(46)42-54(48,49)53-24-14-15-24/h11-13,19,22,24-25,27,31H,10,14-18,20-21H2,1-9H3,(H,40,47)(H,41,44)(H,42,46)/t22?,25-,27+,31-,38-/m1/s1. The minimum Gasteiger partial charge on any atom is -0.488 e. The van der Waals surface area contributed by atoms with E-state index in [-0.39, 0.29) is 31.7 Å². The minimum atomic E-state index is -4.42. The van der Waals surface area contributed by atoms with Crippen LogP contribution in [0, 0.1) is 18.3 Å². The summed E-state index contributed by atoms with van der Waals surface area (Å²) in [6.07, 6.45) is 0.0927. The van der Waals surface area contributed by atoms with Crippen molar-refractivity contribution in [2.45, 2.75) is 136 Å². The van der Waals surface area contributed by atoms with Crippen molar-refractivity contribution in [3.63, 3.8) is 0 Å². The average molecular weight is 774 g/mol. The highest BCUT2D eigenvalue weighted by Gasteiger charge is 2.51. The molecule has 5 rings (SSSR count). The van der Waals surface area contributed by atoms with Gasteiger partial charge in [0.05, 0.1) is 24.8 Å². The number of carbonyl (C=O) groups is 4. The number of amides is 4. The molecule has 1 aromatic heterocycles. The van der Waals surface area contributed by atoms with Crippen LogP contribution in [-0.4, -0.2) is 90.7 Å². The van der Waals surface area contributed by atoms with Gasteiger partial charge in [-0.2, -0.15) is 8.42 Å². The third kappa shape index (κ3) is 9.92. The van der Waals surface area contributed by atoms with Crippen LogP contribution in [0.1, 0.15) is 99.5 Å². The number of carbonyl (C=O) groups excluding carboxylic acids is 4. The quantitative estimate of drug-likeness (QED) is 0.276. The van der Waals surface area contributed by atoms with Crippen molar-refractivity contribution in [1.82, 2.24) is 25.2 Å². The van der Waals surface area contributed by atoms with E-state index in [1.807, 2.05) is 43.7 Å². The molecule has 1 aliphatic heterocycles. The number of fused-ring (bicyclic) bond motifs is 1. The molecule has 4 amide bonds. The first-order valence-corrected chi connectivity index (χ1v) is 20.1. The van der Waals surface area contributed by atoms with Crippen LogP contribution in [0.15, 0.2) is 24.3 Å². The Hall–Kier alpha value is -4.18. The number of likely N-dealkylation sites (tertiary alicyclic amines) is 1. The van der Waals surface area contributed by atoms with E-state index in [1.165, 1.54) is 4.90 Å². The van der Waals surface area contributed by atoms with Gasteiger partial charge >= 0.3 is 16.4 Å². The van der Waals surface area contributed by atoms with Crippen molar-refractivity contribution in [1.29, 1.82) is 0 Å². The fourth-order valence-electron chi connectivity index (χ4n) is 7.02. The van der Waals surface area contributed by atoms with E-state index in [9.17, 15) is 27.6 Å². The molecule has 54 heavy (non-hydrogen) atoms. The van der Waals surface area contributed by atoms with Gasteiger partial charge in [0.15, 0.2) is 0 Å². The molecule has 2 saturated carbocycles. The van der Waals surface area contributed by atoms with E-state index in [0.29, 0.717) is 48.4 Å². The van der Waals surface area contributed by atoms with Gasteiger partial charge in [-0.15, -0.1) is 0 Å². The first kappa shape index (κ1) is 41.0. The number of pyridine rings is 1. The fourth-order valence-corrected chi connectivity index (χ4v) is 8.04. The predicted molar refractivity (Wildman–Crippen MR) is 200 cm³/mol. The topological polar surface area (TPSA) is 192 Å². The number of rotatable bonds is 12. The van der Waals surface area contributed by atoms with Gasteiger partial charge in [0.2, 0.25) is 17.7 Å². The van der Waals surface area contributed by atoms with Crippen LogP contribution < -0.4 is 24.8 Å². The molecule has 3 aliphatic rings. The third-order valence-electron chi connectivity index (χ3n) is 9.75. The zero-order valence-electron chi connectivity index (χ0n) is 32.7. The lowest BCUT2D eigenvalue weighted by molar-refractivity contribution is -0.143. The van der Waals surface area contributed by atoms with Gasteiger partial charge in [-0.1, -0.05) is 39.8 Å². The number of ether oxygens (including phenoxy) is 3. The van der Waals surface area contributed by atoms with Crippen molar-refractivity contribution in [2.75, 3.05) is 13.2 Å². The largest absolute Gasteiger partial charge is 0.488 e. The van der Waals surface area contributed by atoms with Crippen molar-refractivity contribution in [3.05, 3.63) is 29.8 Å². The van der Waals surface area contributed by atoms with Gasteiger partial charge in [0, 0.05) is 17.9 Å². The Morgan fingerprint density at radius 2 is 1.76 bits per heavy atom. The summed E-state index contributed by atoms with van der Waals surface area (Å²) in [7, 11) is -4.42. The van der Waals surface area contributed by atoms with Crippen molar-refractivity contribution < 1.29 is 46.0 Å². The number of nitrogens with one attached hydrogen (secondary N) is 3. The lowest BCUT2D eigenvalue weighted by Crippen LogP contribution is -2.63. The Labute approximate surface area is 317 Å². The van der Waals surface area contributed by atoms with E-state index in [4.69, 9.17) is 18.4 Å². The van der Waals surface area contributed by atoms with Crippen molar-refractivity contribution in [2.24, 2.45) is 11.3 Å². The van der Waals surface area contributed by atoms with Gasteiger partial charge in [0.25, 0.3) is 5.91 Å². The average Bonchev–Trinajstić information content (AvgIpc) is 3.60. The van der Waals surface area contributed by atoms with Crippen molar-refractivity contribution >= 4 is 45.0 Å². The lowest BCUT2D eigenvalue weighted by atomic mass is 9.85. The Balaban J connectivity index is 1.48. The molecule has 0 radical (unpaired) electrons. The number of hydrogen-bond donors (Lipinski definition) is 3. The predicted octanol–water partition coefficient (Wildman–Crippen LogP) is 4.44. The lowest BCUT2D eigenvalue weighted by Gasteiger charge is -2.36. The SMILES string of the molecule is CCOc1cc(O[C@@H]2C[C@@H](C(=O)N[C@]3(C(=O)NS(=O)(=O)OC4CC4)CCC(C)C3)N(C(=O)[C@@H](NC(=O)OC(C)(C)C)C(C)(C)C)C2)c2cccc(C)c2n1. The molecule has 1 unspecified atom stereocenters. The summed E-state index contributed by atoms with van der Waals surface area (Å²) in [4.78, 5) is 61.9. The molecule has 3 fully saturated rings. The van der Waals surface area contributed by atoms with Gasteiger partial charge in [-0.3, -0.25) is 18.6 Å². The number of benzene rings is 1. The normalized spacial score (nSPS) is 23.8. The maximum Gasteiger partial charge on any atom is 0.408 e. The Kier molecular flexibility index (Phi) is 11.8. The number of hydrogen-bond acceptors (Lipinski definition) is 11. The molecule has 0 spiro atoms. The van der Waals surface area contributed by atoms with E-state index < -0.39 is 75.0 Å². The van der Waals surface area contributed by atoms with Crippen LogP contribution >= 0.6 is 0 Å². The number of para-hydroxylation sites is 1. The molecule has 2 heterocycles. The summed E-state index contributed by atoms with van der Waals surface area (Å²) in [5.41, 5.74) is -1.65. The number of aryl methyl sites for hydroxylation is 1. The Morgan fingerprint density at radius 3 is 2.35 bits per heavy atom. The van der Waals surface area contributed by atoms with E-state index in [1.54, 1.807) is 47.6 Å². The second-order valence-electron chi connectivity index (χ2n) is 16.9. The van der Waals surface area contributed by atoms with Crippen LogP contribution in [0.5, 0.6) is 11.6 Å². The van der Waals surface area contributed by atoms with Gasteiger partial charge < -0.3 is 29.7 Å². The van der Waals surface area contributed by atoms with Gasteiger partial charge in [-0.25, -0.2) is 14.5 Å². The molecule has 298 valence electrons. The van der Waals surface area contributed by atoms with Crippen LogP contribution in [0.2, 0.25) is 0 Å². The second-order valence-corrected chi connectivity index (χ2v) is 18.2. The van der Waals surface area contributed by atoms with Gasteiger partial charge in [-0.05, 0) is 89.7 Å². The van der Waals surface area contributed by atoms with Crippen LogP contribution in [0.3, 0.4) is 0 Å². The second kappa shape index (κ2) is 15.5. The monoisotopic (exact) mass is 773 g/mol. The van der Waals surface area contributed by atoms with Gasteiger partial charge in [0.1, 0.15) is 35.1 Å². The zero-order valence-corrected chi connectivity index (χ0v) is 33.6. The molecule has 1 aromatic carbocycles. The van der Waals surface area contributed by atoms with Crippen LogP contribution in [0.25, 0.3) is 10.9 Å². The highest BCUT2D eigenvalue weighted by Crippen LogP contribution is 2.38.